The minimum atomic E-state index is -1.18. The van der Waals surface area contributed by atoms with E-state index in [1.165, 1.54) is 0 Å². The van der Waals surface area contributed by atoms with Crippen LogP contribution in [0.2, 0.25) is 0 Å². The van der Waals surface area contributed by atoms with Gasteiger partial charge in [-0.15, -0.1) is 0 Å². The number of rotatable bonds is 4. The number of carbonyl (C=O) groups excluding carboxylic acids is 1. The van der Waals surface area contributed by atoms with Gasteiger partial charge in [0.05, 0.1) is 11.5 Å². The average Bonchev–Trinajstić information content (AvgIpc) is 2.47. The first-order chi connectivity index (χ1) is 9.43. The summed E-state index contributed by atoms with van der Waals surface area (Å²) >= 11 is 0. The van der Waals surface area contributed by atoms with Crippen molar-refractivity contribution in [2.24, 2.45) is 5.92 Å². The Hall–Kier alpha value is -1.93. The van der Waals surface area contributed by atoms with Crippen LogP contribution >= 0.6 is 0 Å². The molecule has 20 heavy (non-hydrogen) atoms. The van der Waals surface area contributed by atoms with Gasteiger partial charge in [0.25, 0.3) is 0 Å². The molecule has 0 amide bonds. The van der Waals surface area contributed by atoms with Gasteiger partial charge < -0.3 is 5.11 Å². The molecule has 2 aromatic rings. The Bertz CT molecular complexity index is 583. The quantitative estimate of drug-likeness (QED) is 0.858. The van der Waals surface area contributed by atoms with E-state index >= 15 is 0 Å². The third-order valence-electron chi connectivity index (χ3n) is 3.93. The Balaban J connectivity index is 2.29. The first-order valence-electron chi connectivity index (χ1n) is 6.81. The summed E-state index contributed by atoms with van der Waals surface area (Å²) in [5.74, 6) is -0.552. The first kappa shape index (κ1) is 14.5. The Kier molecular flexibility index (Phi) is 4.05. The van der Waals surface area contributed by atoms with Gasteiger partial charge >= 0.3 is 0 Å². The molecule has 0 radical (unpaired) electrons. The second kappa shape index (κ2) is 5.59. The van der Waals surface area contributed by atoms with Gasteiger partial charge in [-0.3, -0.25) is 4.79 Å². The van der Waals surface area contributed by atoms with Gasteiger partial charge in [-0.1, -0.05) is 67.1 Å². The molecule has 2 atom stereocenters. The largest absolute Gasteiger partial charge is 0.385 e. The molecule has 2 nitrogen and oxygen atoms in total. The van der Waals surface area contributed by atoms with Gasteiger partial charge in [-0.05, 0) is 19.4 Å². The molecule has 0 aromatic heterocycles. The van der Waals surface area contributed by atoms with Crippen molar-refractivity contribution in [3.63, 3.8) is 0 Å². The maximum absolute atomic E-state index is 12.5. The van der Waals surface area contributed by atoms with E-state index in [0.29, 0.717) is 5.56 Å². The molecule has 2 heteroatoms. The monoisotopic (exact) mass is 268 g/mol. The number of hydrogen-bond acceptors (Lipinski definition) is 2. The Morgan fingerprint density at radius 3 is 2.15 bits per heavy atom. The topological polar surface area (TPSA) is 37.3 Å². The zero-order valence-corrected chi connectivity index (χ0v) is 12.1. The number of hydrogen-bond donors (Lipinski definition) is 1. The van der Waals surface area contributed by atoms with Gasteiger partial charge in [0.2, 0.25) is 0 Å². The van der Waals surface area contributed by atoms with Crippen LogP contribution in [0.5, 0.6) is 0 Å². The molecular formula is C18H20O2. The Labute approximate surface area is 120 Å². The van der Waals surface area contributed by atoms with Crippen molar-refractivity contribution >= 4 is 5.78 Å². The number of ketones is 1. The second-order valence-electron chi connectivity index (χ2n) is 5.47. The fraction of sp³-hybridized carbons (Fsp3) is 0.278. The van der Waals surface area contributed by atoms with Crippen LogP contribution in [0.3, 0.4) is 0 Å². The highest BCUT2D eigenvalue weighted by atomic mass is 16.3. The van der Waals surface area contributed by atoms with Crippen LogP contribution in [-0.4, -0.2) is 10.9 Å². The molecule has 0 heterocycles. The molecule has 0 aliphatic carbocycles. The van der Waals surface area contributed by atoms with E-state index in [1.54, 1.807) is 26.0 Å². The summed E-state index contributed by atoms with van der Waals surface area (Å²) in [6.07, 6.45) is 0. The number of Topliss-reactive ketones (excluding diaryl/α,β-unsaturated/α-hetero) is 1. The van der Waals surface area contributed by atoms with Gasteiger partial charge in [-0.25, -0.2) is 0 Å². The smallest absolute Gasteiger partial charge is 0.168 e. The predicted octanol–water partition coefficient (Wildman–Crippen LogP) is 3.72. The summed E-state index contributed by atoms with van der Waals surface area (Å²) in [5, 5.41) is 10.8. The van der Waals surface area contributed by atoms with Crippen LogP contribution in [0.15, 0.2) is 54.6 Å². The van der Waals surface area contributed by atoms with Crippen molar-refractivity contribution in [2.45, 2.75) is 26.4 Å². The molecule has 2 unspecified atom stereocenters. The minimum absolute atomic E-state index is 0.0452. The van der Waals surface area contributed by atoms with E-state index < -0.39 is 11.5 Å². The SMILES string of the molecule is Cc1ccc(C(C)(O)C(C)C(=O)c2ccccc2)cc1. The van der Waals surface area contributed by atoms with Crippen LogP contribution in [0.25, 0.3) is 0 Å². The predicted molar refractivity (Wildman–Crippen MR) is 80.7 cm³/mol. The lowest BCUT2D eigenvalue weighted by Gasteiger charge is -2.30. The summed E-state index contributed by atoms with van der Waals surface area (Å²) in [6.45, 7) is 5.47. The summed E-state index contributed by atoms with van der Waals surface area (Å²) in [4.78, 5) is 12.5. The second-order valence-corrected chi connectivity index (χ2v) is 5.47. The van der Waals surface area contributed by atoms with Crippen LogP contribution in [0, 0.1) is 12.8 Å². The summed E-state index contributed by atoms with van der Waals surface area (Å²) in [5.41, 5.74) is 1.35. The fourth-order valence-electron chi connectivity index (χ4n) is 2.25. The highest BCUT2D eigenvalue weighted by Gasteiger charge is 2.35. The van der Waals surface area contributed by atoms with Crippen LogP contribution < -0.4 is 0 Å². The third kappa shape index (κ3) is 2.81. The lowest BCUT2D eigenvalue weighted by atomic mass is 9.79. The molecule has 0 bridgehead atoms. The van der Waals surface area contributed by atoms with E-state index in [4.69, 9.17) is 0 Å². The van der Waals surface area contributed by atoms with E-state index in [9.17, 15) is 9.90 Å². The summed E-state index contributed by atoms with van der Waals surface area (Å²) < 4.78 is 0. The number of benzene rings is 2. The maximum Gasteiger partial charge on any atom is 0.168 e. The normalized spacial score (nSPS) is 15.4. The first-order valence-corrected chi connectivity index (χ1v) is 6.81. The number of aryl methyl sites for hydroxylation is 1. The minimum Gasteiger partial charge on any atom is -0.385 e. The fourth-order valence-corrected chi connectivity index (χ4v) is 2.25. The number of carbonyl (C=O) groups is 1. The van der Waals surface area contributed by atoms with Crippen LogP contribution in [-0.2, 0) is 5.60 Å². The molecule has 2 rings (SSSR count). The van der Waals surface area contributed by atoms with Crippen molar-refractivity contribution in [3.05, 3.63) is 71.3 Å². The van der Waals surface area contributed by atoms with Crippen molar-refractivity contribution in [1.29, 1.82) is 0 Å². The molecule has 0 saturated heterocycles. The van der Waals surface area contributed by atoms with Gasteiger partial charge in [0.1, 0.15) is 0 Å². The molecule has 0 aliphatic rings. The maximum atomic E-state index is 12.5. The van der Waals surface area contributed by atoms with Gasteiger partial charge in [-0.2, -0.15) is 0 Å². The van der Waals surface area contributed by atoms with E-state index in [0.717, 1.165) is 11.1 Å². The van der Waals surface area contributed by atoms with Crippen molar-refractivity contribution in [1.82, 2.24) is 0 Å². The van der Waals surface area contributed by atoms with E-state index in [1.807, 2.05) is 49.4 Å². The standard InChI is InChI=1S/C18H20O2/c1-13-9-11-16(12-10-13)18(3,20)14(2)17(19)15-7-5-4-6-8-15/h4-12,14,20H,1-3H3. The lowest BCUT2D eigenvalue weighted by molar-refractivity contribution is 0.00675. The molecule has 1 N–H and O–H groups in total. The zero-order chi connectivity index (χ0) is 14.8. The number of aliphatic hydroxyl groups is 1. The van der Waals surface area contributed by atoms with Crippen molar-refractivity contribution < 1.29 is 9.90 Å². The molecule has 0 aliphatic heterocycles. The lowest BCUT2D eigenvalue weighted by Crippen LogP contribution is -2.35. The highest BCUT2D eigenvalue weighted by Crippen LogP contribution is 2.31. The molecule has 2 aromatic carbocycles. The average molecular weight is 268 g/mol. The molecule has 0 fully saturated rings. The van der Waals surface area contributed by atoms with Gasteiger partial charge in [0, 0.05) is 5.56 Å². The van der Waals surface area contributed by atoms with Crippen LogP contribution in [0.4, 0.5) is 0 Å². The van der Waals surface area contributed by atoms with Crippen LogP contribution in [0.1, 0.15) is 35.3 Å². The Morgan fingerprint density at radius 1 is 1.05 bits per heavy atom. The van der Waals surface area contributed by atoms with E-state index in [2.05, 4.69) is 0 Å². The summed E-state index contributed by atoms with van der Waals surface area (Å²) in [6, 6.07) is 16.8. The van der Waals surface area contributed by atoms with E-state index in [-0.39, 0.29) is 5.78 Å². The molecule has 0 spiro atoms. The Morgan fingerprint density at radius 2 is 1.60 bits per heavy atom. The van der Waals surface area contributed by atoms with Crippen molar-refractivity contribution in [2.75, 3.05) is 0 Å². The molecule has 0 saturated carbocycles. The highest BCUT2D eigenvalue weighted by molar-refractivity contribution is 5.98. The molecular weight excluding hydrogens is 248 g/mol. The van der Waals surface area contributed by atoms with Crippen molar-refractivity contribution in [3.8, 4) is 0 Å². The summed E-state index contributed by atoms with van der Waals surface area (Å²) in [7, 11) is 0. The molecule has 104 valence electrons. The third-order valence-corrected chi connectivity index (χ3v) is 3.93. The zero-order valence-electron chi connectivity index (χ0n) is 12.1. The van der Waals surface area contributed by atoms with Gasteiger partial charge in [0.15, 0.2) is 5.78 Å².